The predicted molar refractivity (Wildman–Crippen MR) is 110 cm³/mol. The highest BCUT2D eigenvalue weighted by Crippen LogP contribution is 2.30. The number of carbonyl (C=O) groups is 1. The smallest absolute Gasteiger partial charge is 0.371 e. The van der Waals surface area contributed by atoms with Crippen molar-refractivity contribution in [2.24, 2.45) is 0 Å². The molecule has 0 unspecified atom stereocenters. The number of halogens is 5. The van der Waals surface area contributed by atoms with Gasteiger partial charge >= 0.3 is 6.18 Å². The number of nitrogens with one attached hydrogen (secondary N) is 2. The summed E-state index contributed by atoms with van der Waals surface area (Å²) in [7, 11) is 0. The van der Waals surface area contributed by atoms with E-state index >= 15 is 0 Å². The Morgan fingerprint density at radius 3 is 2.59 bits per heavy atom. The lowest BCUT2D eigenvalue weighted by Crippen LogP contribution is -2.33. The molecule has 1 amide bonds. The summed E-state index contributed by atoms with van der Waals surface area (Å²) in [5.74, 6) is -2.17. The van der Waals surface area contributed by atoms with Crippen molar-refractivity contribution in [3.05, 3.63) is 71.4 Å². The Kier molecular flexibility index (Phi) is 7.12. The first-order chi connectivity index (χ1) is 14.8. The van der Waals surface area contributed by atoms with Crippen LogP contribution in [0, 0.1) is 5.82 Å². The van der Waals surface area contributed by atoms with Gasteiger partial charge in [-0.25, -0.2) is 14.1 Å². The van der Waals surface area contributed by atoms with Crippen LogP contribution >= 0.6 is 12.4 Å². The summed E-state index contributed by atoms with van der Waals surface area (Å²) in [6.45, 7) is 2.14. The molecule has 3 aromatic rings. The maximum atomic E-state index is 14.1. The molecule has 1 atom stereocenters. The van der Waals surface area contributed by atoms with Crippen molar-refractivity contribution in [3.8, 4) is 5.82 Å². The molecule has 1 aromatic carbocycles. The fourth-order valence-electron chi connectivity index (χ4n) is 3.07. The van der Waals surface area contributed by atoms with E-state index in [0.717, 1.165) is 16.8 Å². The molecular weight excluding hydrogens is 454 g/mol. The average molecular weight is 472 g/mol. The van der Waals surface area contributed by atoms with Gasteiger partial charge in [0, 0.05) is 31.2 Å². The van der Waals surface area contributed by atoms with Gasteiger partial charge in [0.2, 0.25) is 0 Å². The molecule has 0 spiro atoms. The maximum absolute atomic E-state index is 14.1. The van der Waals surface area contributed by atoms with Crippen molar-refractivity contribution in [3.63, 3.8) is 0 Å². The molecule has 7 nitrogen and oxygen atoms in total. The standard InChI is InChI=1S/C20H17F4N5O2.ClH/c21-16-7-14(20(22,23)24)9-26-18(16)29-11-13(8-27-29)19(30)28-15-3-1-12(2-4-15)17-10-25-5-6-31-17;/h1-4,7-9,11,17,25H,5-6,10H2,(H,28,30);1H/t17-;/m1./s1. The van der Waals surface area contributed by atoms with Gasteiger partial charge in [-0.1, -0.05) is 12.1 Å². The van der Waals surface area contributed by atoms with Gasteiger partial charge in [-0.2, -0.15) is 18.3 Å². The molecule has 2 N–H and O–H groups in total. The number of rotatable bonds is 4. The Balaban J connectivity index is 0.00000289. The molecule has 0 radical (unpaired) electrons. The Bertz CT molecular complexity index is 1080. The topological polar surface area (TPSA) is 81.1 Å². The Labute approximate surface area is 186 Å². The second kappa shape index (κ2) is 9.63. The number of anilines is 1. The Morgan fingerprint density at radius 2 is 1.97 bits per heavy atom. The van der Waals surface area contributed by atoms with Gasteiger partial charge in [-0.05, 0) is 23.8 Å². The SMILES string of the molecule is Cl.O=C(Nc1ccc([C@H]2CNCCO2)cc1)c1cnn(-c2ncc(C(F)(F)F)cc2F)c1. The molecule has 0 aliphatic carbocycles. The number of alkyl halides is 3. The van der Waals surface area contributed by atoms with E-state index in [0.29, 0.717) is 31.1 Å². The van der Waals surface area contributed by atoms with Gasteiger partial charge in [0.25, 0.3) is 5.91 Å². The van der Waals surface area contributed by atoms with Crippen molar-refractivity contribution in [1.82, 2.24) is 20.1 Å². The molecule has 1 aliphatic heterocycles. The number of nitrogens with zero attached hydrogens (tertiary/aromatic N) is 3. The normalized spacial score (nSPS) is 16.3. The van der Waals surface area contributed by atoms with Crippen LogP contribution < -0.4 is 10.6 Å². The zero-order valence-corrected chi connectivity index (χ0v) is 17.2. The van der Waals surface area contributed by atoms with Crippen LogP contribution in [0.2, 0.25) is 0 Å². The predicted octanol–water partition coefficient (Wildman–Crippen LogP) is 3.76. The molecule has 12 heteroatoms. The minimum atomic E-state index is -4.71. The molecule has 170 valence electrons. The van der Waals surface area contributed by atoms with E-state index in [1.54, 1.807) is 12.1 Å². The van der Waals surface area contributed by atoms with E-state index in [4.69, 9.17) is 4.74 Å². The van der Waals surface area contributed by atoms with Gasteiger partial charge < -0.3 is 15.4 Å². The quantitative estimate of drug-likeness (QED) is 0.566. The summed E-state index contributed by atoms with van der Waals surface area (Å²) in [5, 5.41) is 9.75. The maximum Gasteiger partial charge on any atom is 0.417 e. The van der Waals surface area contributed by atoms with Crippen LogP contribution in [0.5, 0.6) is 0 Å². The van der Waals surface area contributed by atoms with Gasteiger partial charge in [0.15, 0.2) is 11.6 Å². The summed E-state index contributed by atoms with van der Waals surface area (Å²) < 4.78 is 58.6. The van der Waals surface area contributed by atoms with Crippen LogP contribution in [0.25, 0.3) is 5.82 Å². The molecule has 1 saturated heterocycles. The fraction of sp³-hybridized carbons (Fsp3) is 0.250. The minimum absolute atomic E-state index is 0. The van der Waals surface area contributed by atoms with Gasteiger partial charge in [0.05, 0.1) is 30.0 Å². The first-order valence-electron chi connectivity index (χ1n) is 9.33. The Hall–Kier alpha value is -3.02. The number of aromatic nitrogens is 3. The van der Waals surface area contributed by atoms with Crippen LogP contribution in [-0.4, -0.2) is 40.4 Å². The van der Waals surface area contributed by atoms with Crippen molar-refractivity contribution >= 4 is 24.0 Å². The summed E-state index contributed by atoms with van der Waals surface area (Å²) in [6.07, 6.45) is -1.90. The molecule has 3 heterocycles. The summed E-state index contributed by atoms with van der Waals surface area (Å²) in [5.41, 5.74) is 0.382. The lowest BCUT2D eigenvalue weighted by atomic mass is 10.1. The van der Waals surface area contributed by atoms with Crippen molar-refractivity contribution < 1.29 is 27.1 Å². The molecule has 0 saturated carbocycles. The lowest BCUT2D eigenvalue weighted by Gasteiger charge is -2.24. The van der Waals surface area contributed by atoms with Crippen LogP contribution in [0.3, 0.4) is 0 Å². The largest absolute Gasteiger partial charge is 0.417 e. The highest BCUT2D eigenvalue weighted by molar-refractivity contribution is 6.04. The highest BCUT2D eigenvalue weighted by atomic mass is 35.5. The second-order valence-electron chi connectivity index (χ2n) is 6.84. The molecule has 1 fully saturated rings. The number of carbonyl (C=O) groups excluding carboxylic acids is 1. The number of amides is 1. The van der Waals surface area contributed by atoms with E-state index in [-0.39, 0.29) is 24.1 Å². The fourth-order valence-corrected chi connectivity index (χ4v) is 3.07. The first kappa shape index (κ1) is 23.6. The average Bonchev–Trinajstić information content (AvgIpc) is 3.24. The molecule has 32 heavy (non-hydrogen) atoms. The van der Waals surface area contributed by atoms with Gasteiger partial charge in [0.1, 0.15) is 0 Å². The van der Waals surface area contributed by atoms with Gasteiger partial charge in [-0.15, -0.1) is 12.4 Å². The Morgan fingerprint density at radius 1 is 1.22 bits per heavy atom. The summed E-state index contributed by atoms with van der Waals surface area (Å²) >= 11 is 0. The third-order valence-corrected chi connectivity index (χ3v) is 4.68. The van der Waals surface area contributed by atoms with E-state index in [1.165, 1.54) is 12.4 Å². The molecule has 2 aromatic heterocycles. The van der Waals surface area contributed by atoms with E-state index < -0.39 is 29.3 Å². The third kappa shape index (κ3) is 5.23. The van der Waals surface area contributed by atoms with Crippen molar-refractivity contribution in [2.45, 2.75) is 12.3 Å². The highest BCUT2D eigenvalue weighted by Gasteiger charge is 2.32. The molecule has 0 bridgehead atoms. The number of benzene rings is 1. The van der Waals surface area contributed by atoms with Crippen molar-refractivity contribution in [1.29, 1.82) is 0 Å². The van der Waals surface area contributed by atoms with Crippen molar-refractivity contribution in [2.75, 3.05) is 25.0 Å². The first-order valence-corrected chi connectivity index (χ1v) is 9.33. The number of hydrogen-bond donors (Lipinski definition) is 2. The zero-order valence-electron chi connectivity index (χ0n) is 16.4. The van der Waals surface area contributed by atoms with E-state index in [9.17, 15) is 22.4 Å². The summed E-state index contributed by atoms with van der Waals surface area (Å²) in [6, 6.07) is 7.48. The van der Waals surface area contributed by atoms with E-state index in [1.807, 2.05) is 12.1 Å². The van der Waals surface area contributed by atoms with Crippen LogP contribution in [0.15, 0.2) is 48.9 Å². The number of ether oxygens (including phenoxy) is 1. The number of morpholine rings is 1. The second-order valence-corrected chi connectivity index (χ2v) is 6.84. The molecule has 4 rings (SSSR count). The molecular formula is C20H18ClF4N5O2. The monoisotopic (exact) mass is 471 g/mol. The number of pyridine rings is 1. The minimum Gasteiger partial charge on any atom is -0.371 e. The zero-order chi connectivity index (χ0) is 22.0. The third-order valence-electron chi connectivity index (χ3n) is 4.68. The van der Waals surface area contributed by atoms with Crippen LogP contribution in [0.1, 0.15) is 27.6 Å². The van der Waals surface area contributed by atoms with Crippen LogP contribution in [0.4, 0.5) is 23.2 Å². The molecule has 1 aliphatic rings. The lowest BCUT2D eigenvalue weighted by molar-refractivity contribution is -0.138. The summed E-state index contributed by atoms with van der Waals surface area (Å²) in [4.78, 5) is 15.9. The van der Waals surface area contributed by atoms with E-state index in [2.05, 4.69) is 20.7 Å². The number of hydrogen-bond acceptors (Lipinski definition) is 5. The van der Waals surface area contributed by atoms with Crippen LogP contribution in [-0.2, 0) is 10.9 Å². The van der Waals surface area contributed by atoms with Gasteiger partial charge in [-0.3, -0.25) is 4.79 Å².